The van der Waals surface area contributed by atoms with Crippen molar-refractivity contribution in [3.8, 4) is 0 Å². The van der Waals surface area contributed by atoms with Gasteiger partial charge in [0.15, 0.2) is 5.96 Å². The minimum absolute atomic E-state index is 0.0376. The number of rotatable bonds is 3. The Morgan fingerprint density at radius 1 is 1.42 bits per heavy atom. The number of nitrogens with zero attached hydrogens (tertiary/aromatic N) is 2. The highest BCUT2D eigenvalue weighted by atomic mass is 16.3. The Hall–Kier alpha value is -1.30. The second-order valence-electron chi connectivity index (χ2n) is 2.41. The van der Waals surface area contributed by atoms with Gasteiger partial charge < -0.3 is 22.3 Å². The van der Waals surface area contributed by atoms with Crippen molar-refractivity contribution in [2.24, 2.45) is 27.2 Å². The van der Waals surface area contributed by atoms with Crippen molar-refractivity contribution in [3.05, 3.63) is 0 Å². The van der Waals surface area contributed by atoms with Crippen molar-refractivity contribution in [2.45, 2.75) is 19.4 Å². The van der Waals surface area contributed by atoms with E-state index in [1.165, 1.54) is 0 Å². The number of aliphatic hydroxyl groups is 1. The van der Waals surface area contributed by atoms with Gasteiger partial charge in [-0.2, -0.15) is 4.99 Å². The first-order valence-electron chi connectivity index (χ1n) is 3.60. The molecule has 0 radical (unpaired) electrons. The molecule has 0 aromatic rings. The van der Waals surface area contributed by atoms with Crippen molar-refractivity contribution < 1.29 is 5.11 Å². The molecular formula is C6H15N5O. The Morgan fingerprint density at radius 2 is 2.00 bits per heavy atom. The molecule has 0 heterocycles. The first-order chi connectivity index (χ1) is 5.52. The van der Waals surface area contributed by atoms with Crippen molar-refractivity contribution in [3.63, 3.8) is 0 Å². The summed E-state index contributed by atoms with van der Waals surface area (Å²) in [5, 5.41) is 8.85. The highest BCUT2D eigenvalue weighted by molar-refractivity contribution is 5.92. The minimum Gasteiger partial charge on any atom is -0.393 e. The van der Waals surface area contributed by atoms with Gasteiger partial charge in [0.25, 0.3) is 0 Å². The van der Waals surface area contributed by atoms with E-state index in [1.807, 2.05) is 0 Å². The fourth-order valence-electron chi connectivity index (χ4n) is 0.534. The minimum atomic E-state index is -0.388. The molecule has 7 N–H and O–H groups in total. The van der Waals surface area contributed by atoms with Gasteiger partial charge in [-0.3, -0.25) is 4.99 Å². The lowest BCUT2D eigenvalue weighted by Crippen LogP contribution is -2.26. The molecule has 0 aliphatic heterocycles. The number of hydrogen-bond donors (Lipinski definition) is 4. The summed E-state index contributed by atoms with van der Waals surface area (Å²) in [4.78, 5) is 7.28. The molecule has 0 aliphatic carbocycles. The van der Waals surface area contributed by atoms with Gasteiger partial charge in [-0.25, -0.2) is 0 Å². The lowest BCUT2D eigenvalue weighted by atomic mass is 10.3. The van der Waals surface area contributed by atoms with Crippen LogP contribution in [0.2, 0.25) is 0 Å². The molecule has 0 aromatic heterocycles. The summed E-state index contributed by atoms with van der Waals surface area (Å²) >= 11 is 0. The fourth-order valence-corrected chi connectivity index (χ4v) is 0.534. The largest absolute Gasteiger partial charge is 0.393 e. The average Bonchev–Trinajstić information content (AvgIpc) is 1.84. The van der Waals surface area contributed by atoms with Crippen LogP contribution in [0.3, 0.4) is 0 Å². The molecule has 0 saturated heterocycles. The third kappa shape index (κ3) is 6.81. The Balaban J connectivity index is 3.78. The van der Waals surface area contributed by atoms with Gasteiger partial charge in [-0.05, 0) is 13.3 Å². The highest BCUT2D eigenvalue weighted by Gasteiger charge is 1.93. The van der Waals surface area contributed by atoms with Crippen LogP contribution in [0.15, 0.2) is 9.98 Å². The van der Waals surface area contributed by atoms with E-state index in [9.17, 15) is 0 Å². The molecule has 0 aliphatic rings. The van der Waals surface area contributed by atoms with Crippen LogP contribution in [0.5, 0.6) is 0 Å². The first-order valence-corrected chi connectivity index (χ1v) is 3.60. The Labute approximate surface area is 71.2 Å². The van der Waals surface area contributed by atoms with Crippen LogP contribution in [0.1, 0.15) is 13.3 Å². The van der Waals surface area contributed by atoms with Crippen LogP contribution < -0.4 is 17.2 Å². The summed E-state index contributed by atoms with van der Waals surface area (Å²) < 4.78 is 0. The Kier molecular flexibility index (Phi) is 4.78. The molecule has 0 rings (SSSR count). The van der Waals surface area contributed by atoms with E-state index in [4.69, 9.17) is 22.3 Å². The fraction of sp³-hybridized carbons (Fsp3) is 0.667. The molecule has 0 fully saturated rings. The van der Waals surface area contributed by atoms with E-state index in [1.54, 1.807) is 6.92 Å². The molecule has 70 valence electrons. The molecule has 0 saturated carbocycles. The molecule has 0 aromatic carbocycles. The molecule has 12 heavy (non-hydrogen) atoms. The number of nitrogens with two attached hydrogens (primary N) is 3. The van der Waals surface area contributed by atoms with Crippen LogP contribution in [-0.2, 0) is 0 Å². The number of hydrogen-bond acceptors (Lipinski definition) is 2. The van der Waals surface area contributed by atoms with Crippen molar-refractivity contribution in [1.29, 1.82) is 0 Å². The Bertz CT molecular complexity index is 182. The zero-order valence-electron chi connectivity index (χ0n) is 7.07. The van der Waals surface area contributed by atoms with E-state index in [-0.39, 0.29) is 18.0 Å². The summed E-state index contributed by atoms with van der Waals surface area (Å²) in [5.41, 5.74) is 15.4. The van der Waals surface area contributed by atoms with Crippen molar-refractivity contribution >= 4 is 11.9 Å². The average molecular weight is 173 g/mol. The number of aliphatic imine (C=N–C) groups is 2. The second-order valence-corrected chi connectivity index (χ2v) is 2.41. The van der Waals surface area contributed by atoms with Gasteiger partial charge in [-0.1, -0.05) is 0 Å². The van der Waals surface area contributed by atoms with E-state index in [2.05, 4.69) is 9.98 Å². The van der Waals surface area contributed by atoms with Gasteiger partial charge in [0, 0.05) is 6.54 Å². The zero-order valence-corrected chi connectivity index (χ0v) is 7.07. The maximum absolute atomic E-state index is 8.85. The van der Waals surface area contributed by atoms with E-state index < -0.39 is 0 Å². The SMILES string of the molecule is CC(O)CCN=C(N)N=C(N)N. The monoisotopic (exact) mass is 173 g/mol. The maximum atomic E-state index is 8.85. The standard InChI is InChI=1S/C6H15N5O/c1-4(12)2-3-10-6(9)11-5(7)8/h4,12H,2-3H2,1H3,(H6,7,8,9,10,11). The molecule has 6 nitrogen and oxygen atoms in total. The maximum Gasteiger partial charge on any atom is 0.218 e. The zero-order chi connectivity index (χ0) is 9.56. The third-order valence-electron chi connectivity index (χ3n) is 1.06. The summed E-state index contributed by atoms with van der Waals surface area (Å²) in [6, 6.07) is 0. The summed E-state index contributed by atoms with van der Waals surface area (Å²) in [6.45, 7) is 2.09. The molecule has 0 spiro atoms. The van der Waals surface area contributed by atoms with Gasteiger partial charge in [0.1, 0.15) is 0 Å². The number of guanidine groups is 2. The topological polar surface area (TPSA) is 123 Å². The molecule has 1 unspecified atom stereocenters. The van der Waals surface area contributed by atoms with Crippen LogP contribution >= 0.6 is 0 Å². The normalized spacial score (nSPS) is 14.0. The highest BCUT2D eigenvalue weighted by Crippen LogP contribution is 1.89. The summed E-state index contributed by atoms with van der Waals surface area (Å²) in [7, 11) is 0. The molecular weight excluding hydrogens is 158 g/mol. The first kappa shape index (κ1) is 10.7. The van der Waals surface area contributed by atoms with Gasteiger partial charge in [0.2, 0.25) is 5.96 Å². The predicted molar refractivity (Wildman–Crippen MR) is 48.6 cm³/mol. The molecule has 0 bridgehead atoms. The van der Waals surface area contributed by atoms with Crippen LogP contribution in [0, 0.1) is 0 Å². The second kappa shape index (κ2) is 5.36. The van der Waals surface area contributed by atoms with E-state index in [0.29, 0.717) is 13.0 Å². The van der Waals surface area contributed by atoms with Crippen molar-refractivity contribution in [1.82, 2.24) is 0 Å². The van der Waals surface area contributed by atoms with Gasteiger partial charge in [-0.15, -0.1) is 0 Å². The van der Waals surface area contributed by atoms with E-state index in [0.717, 1.165) is 0 Å². The lowest BCUT2D eigenvalue weighted by molar-refractivity contribution is 0.187. The van der Waals surface area contributed by atoms with Crippen LogP contribution in [-0.4, -0.2) is 29.7 Å². The molecule has 6 heteroatoms. The molecule has 0 amide bonds. The quantitative estimate of drug-likeness (QED) is 0.301. The number of aliphatic hydroxyl groups excluding tert-OH is 1. The Morgan fingerprint density at radius 3 is 2.42 bits per heavy atom. The van der Waals surface area contributed by atoms with Gasteiger partial charge >= 0.3 is 0 Å². The van der Waals surface area contributed by atoms with Crippen molar-refractivity contribution in [2.75, 3.05) is 6.54 Å². The predicted octanol–water partition coefficient (Wildman–Crippen LogP) is -1.65. The smallest absolute Gasteiger partial charge is 0.218 e. The van der Waals surface area contributed by atoms with Crippen LogP contribution in [0.4, 0.5) is 0 Å². The molecule has 1 atom stereocenters. The van der Waals surface area contributed by atoms with Crippen LogP contribution in [0.25, 0.3) is 0 Å². The van der Waals surface area contributed by atoms with E-state index >= 15 is 0 Å². The van der Waals surface area contributed by atoms with Gasteiger partial charge in [0.05, 0.1) is 6.10 Å². The summed E-state index contributed by atoms with van der Waals surface area (Å²) in [6.07, 6.45) is 0.154. The lowest BCUT2D eigenvalue weighted by Gasteiger charge is -1.99. The third-order valence-corrected chi connectivity index (χ3v) is 1.06. The summed E-state index contributed by atoms with van der Waals surface area (Å²) in [5.74, 6) is -0.0797.